The van der Waals surface area contributed by atoms with Crippen molar-refractivity contribution in [3.05, 3.63) is 53.5 Å². The molecule has 0 spiro atoms. The van der Waals surface area contributed by atoms with E-state index in [1.54, 1.807) is 24.3 Å². The Morgan fingerprint density at radius 3 is 2.67 bits per heavy atom. The van der Waals surface area contributed by atoms with Crippen LogP contribution in [0.2, 0.25) is 0 Å². The van der Waals surface area contributed by atoms with Crippen LogP contribution >= 0.6 is 0 Å². The average Bonchev–Trinajstić information content (AvgIpc) is 2.48. The summed E-state index contributed by atoms with van der Waals surface area (Å²) in [4.78, 5) is 20.3. The maximum absolute atomic E-state index is 12.0. The Kier molecular flexibility index (Phi) is 4.61. The van der Waals surface area contributed by atoms with Crippen molar-refractivity contribution in [1.29, 1.82) is 5.41 Å². The predicted molar refractivity (Wildman–Crippen MR) is 81.2 cm³/mol. The third-order valence-corrected chi connectivity index (χ3v) is 2.89. The Balaban J connectivity index is 2.12. The summed E-state index contributed by atoms with van der Waals surface area (Å²) >= 11 is 0. The van der Waals surface area contributed by atoms with E-state index < -0.39 is 0 Å². The monoisotopic (exact) mass is 283 g/mol. The normalized spacial score (nSPS) is 10.1. The minimum Gasteiger partial charge on any atom is -0.383 e. The van der Waals surface area contributed by atoms with Crippen molar-refractivity contribution in [2.45, 2.75) is 19.8 Å². The highest BCUT2D eigenvalue weighted by molar-refractivity contribution is 6.12. The number of amidine groups is 1. The molecule has 0 fully saturated rings. The summed E-state index contributed by atoms with van der Waals surface area (Å²) in [5.41, 5.74) is 6.62. The van der Waals surface area contributed by atoms with Gasteiger partial charge in [-0.15, -0.1) is 0 Å². The van der Waals surface area contributed by atoms with E-state index in [1.807, 2.05) is 13.0 Å². The number of carbonyl (C=O) groups is 1. The molecule has 1 aromatic heterocycles. The van der Waals surface area contributed by atoms with Crippen LogP contribution in [0, 0.1) is 5.41 Å². The number of aryl methyl sites for hydroxylation is 1. The minimum absolute atomic E-state index is 0.107. The molecule has 2 rings (SSSR count). The van der Waals surface area contributed by atoms with Gasteiger partial charge in [0.1, 0.15) is 17.5 Å². The van der Waals surface area contributed by atoms with Crippen LogP contribution in [0.4, 0.5) is 5.82 Å². The van der Waals surface area contributed by atoms with Crippen LogP contribution in [0.3, 0.4) is 0 Å². The van der Waals surface area contributed by atoms with Gasteiger partial charge in [0.05, 0.1) is 5.56 Å². The quantitative estimate of drug-likeness (QED) is 0.587. The van der Waals surface area contributed by atoms with Gasteiger partial charge in [0.2, 0.25) is 0 Å². The summed E-state index contributed by atoms with van der Waals surface area (Å²) < 4.78 is 0. The summed E-state index contributed by atoms with van der Waals surface area (Å²) in [6.07, 6.45) is 3.12. The van der Waals surface area contributed by atoms with Gasteiger partial charge in [-0.1, -0.05) is 25.1 Å². The second-order valence-corrected chi connectivity index (χ2v) is 4.53. The second kappa shape index (κ2) is 6.60. The molecule has 0 aliphatic rings. The van der Waals surface area contributed by atoms with E-state index in [0.29, 0.717) is 17.0 Å². The third-order valence-electron chi connectivity index (χ3n) is 2.89. The molecule has 0 unspecified atom stereocenters. The zero-order chi connectivity index (χ0) is 15.2. The van der Waals surface area contributed by atoms with Gasteiger partial charge >= 0.3 is 0 Å². The Bertz CT molecular complexity index is 654. The molecule has 2 aromatic rings. The van der Waals surface area contributed by atoms with E-state index in [4.69, 9.17) is 11.1 Å². The fraction of sp³-hybridized carbons (Fsp3) is 0.200. The lowest BCUT2D eigenvalue weighted by atomic mass is 10.2. The number of hydrogen-bond donors (Lipinski definition) is 3. The molecule has 0 atom stereocenters. The van der Waals surface area contributed by atoms with Gasteiger partial charge in [-0.05, 0) is 18.6 Å². The zero-order valence-electron chi connectivity index (χ0n) is 11.8. The van der Waals surface area contributed by atoms with E-state index in [0.717, 1.165) is 12.8 Å². The van der Waals surface area contributed by atoms with Crippen molar-refractivity contribution in [3.63, 3.8) is 0 Å². The molecule has 0 saturated heterocycles. The first-order valence-electron chi connectivity index (χ1n) is 6.68. The van der Waals surface area contributed by atoms with Crippen LogP contribution in [0.1, 0.15) is 35.1 Å². The first kappa shape index (κ1) is 14.6. The summed E-state index contributed by atoms with van der Waals surface area (Å²) in [7, 11) is 0. The van der Waals surface area contributed by atoms with Crippen LogP contribution in [0.15, 0.2) is 36.5 Å². The Hall–Kier alpha value is -2.76. The first-order valence-corrected chi connectivity index (χ1v) is 6.68. The lowest BCUT2D eigenvalue weighted by Crippen LogP contribution is -2.31. The van der Waals surface area contributed by atoms with Crippen molar-refractivity contribution in [2.24, 2.45) is 0 Å². The molecule has 6 heteroatoms. The van der Waals surface area contributed by atoms with Crippen molar-refractivity contribution >= 4 is 17.6 Å². The standard InChI is InChI=1S/C15H17N5O/c1-2-6-12-18-9-11(13(16)19-12)14(17)20-15(21)10-7-4-3-5-8-10/h3-5,7-9H,2,6H2,1H3,(H2,16,18,19)(H2,17,20,21). The fourth-order valence-corrected chi connectivity index (χ4v) is 1.81. The molecule has 21 heavy (non-hydrogen) atoms. The van der Waals surface area contributed by atoms with Crippen molar-refractivity contribution in [1.82, 2.24) is 15.3 Å². The highest BCUT2D eigenvalue weighted by atomic mass is 16.1. The lowest BCUT2D eigenvalue weighted by molar-refractivity contribution is 0.0977. The molecule has 1 heterocycles. The van der Waals surface area contributed by atoms with Crippen LogP contribution in [-0.2, 0) is 6.42 Å². The number of anilines is 1. The molecule has 4 N–H and O–H groups in total. The topological polar surface area (TPSA) is 105 Å². The van der Waals surface area contributed by atoms with Gasteiger partial charge < -0.3 is 11.1 Å². The molecule has 1 aromatic carbocycles. The predicted octanol–water partition coefficient (Wildman–Crippen LogP) is 1.77. The Morgan fingerprint density at radius 1 is 1.33 bits per heavy atom. The minimum atomic E-state index is -0.363. The second-order valence-electron chi connectivity index (χ2n) is 4.53. The van der Waals surface area contributed by atoms with Crippen LogP contribution < -0.4 is 11.1 Å². The molecule has 0 bridgehead atoms. The number of aromatic nitrogens is 2. The van der Waals surface area contributed by atoms with Gasteiger partial charge in [0.25, 0.3) is 5.91 Å². The van der Waals surface area contributed by atoms with Crippen LogP contribution in [0.25, 0.3) is 0 Å². The van der Waals surface area contributed by atoms with Gasteiger partial charge in [-0.2, -0.15) is 0 Å². The molecule has 0 radical (unpaired) electrons. The summed E-state index contributed by atoms with van der Waals surface area (Å²) in [5, 5.41) is 10.4. The highest BCUT2D eigenvalue weighted by Gasteiger charge is 2.13. The molecule has 1 amide bonds. The number of nitrogens with two attached hydrogens (primary N) is 1. The zero-order valence-corrected chi connectivity index (χ0v) is 11.8. The lowest BCUT2D eigenvalue weighted by Gasteiger charge is -2.09. The number of carbonyl (C=O) groups excluding carboxylic acids is 1. The number of nitrogens with one attached hydrogen (secondary N) is 2. The smallest absolute Gasteiger partial charge is 0.256 e. The maximum Gasteiger partial charge on any atom is 0.256 e. The summed E-state index contributed by atoms with van der Waals surface area (Å²) in [6.45, 7) is 2.02. The summed E-state index contributed by atoms with van der Waals surface area (Å²) in [5.74, 6) is 0.370. The molecular weight excluding hydrogens is 266 g/mol. The number of amides is 1. The Labute approximate surface area is 122 Å². The van der Waals surface area contributed by atoms with Gasteiger partial charge in [-0.3, -0.25) is 10.2 Å². The van der Waals surface area contributed by atoms with Crippen molar-refractivity contribution in [3.8, 4) is 0 Å². The maximum atomic E-state index is 12.0. The molecule has 108 valence electrons. The van der Waals surface area contributed by atoms with Gasteiger partial charge in [-0.25, -0.2) is 9.97 Å². The fourth-order valence-electron chi connectivity index (χ4n) is 1.81. The number of nitrogen functional groups attached to an aromatic ring is 1. The summed E-state index contributed by atoms with van der Waals surface area (Å²) in [6, 6.07) is 8.69. The molecular formula is C15H17N5O. The number of hydrogen-bond acceptors (Lipinski definition) is 5. The van der Waals surface area contributed by atoms with Crippen LogP contribution in [-0.4, -0.2) is 21.7 Å². The molecule has 6 nitrogen and oxygen atoms in total. The number of rotatable bonds is 4. The average molecular weight is 283 g/mol. The largest absolute Gasteiger partial charge is 0.383 e. The number of benzene rings is 1. The van der Waals surface area contributed by atoms with E-state index in [1.165, 1.54) is 6.20 Å². The first-order chi connectivity index (χ1) is 10.1. The van der Waals surface area contributed by atoms with E-state index >= 15 is 0 Å². The van der Waals surface area contributed by atoms with E-state index in [-0.39, 0.29) is 17.6 Å². The molecule has 0 aliphatic heterocycles. The van der Waals surface area contributed by atoms with E-state index in [9.17, 15) is 4.79 Å². The van der Waals surface area contributed by atoms with Gasteiger partial charge in [0, 0.05) is 18.2 Å². The number of nitrogens with zero attached hydrogens (tertiary/aromatic N) is 2. The van der Waals surface area contributed by atoms with Crippen LogP contribution in [0.5, 0.6) is 0 Å². The van der Waals surface area contributed by atoms with E-state index in [2.05, 4.69) is 15.3 Å². The molecule has 0 aliphatic carbocycles. The SMILES string of the molecule is CCCc1ncc(C(=N)NC(=O)c2ccccc2)c(N)n1. The highest BCUT2D eigenvalue weighted by Crippen LogP contribution is 2.09. The Morgan fingerprint density at radius 2 is 2.05 bits per heavy atom. The third kappa shape index (κ3) is 3.62. The molecule has 0 saturated carbocycles. The van der Waals surface area contributed by atoms with Gasteiger partial charge in [0.15, 0.2) is 0 Å². The van der Waals surface area contributed by atoms with Crippen molar-refractivity contribution < 1.29 is 4.79 Å². The van der Waals surface area contributed by atoms with Crippen molar-refractivity contribution in [2.75, 3.05) is 5.73 Å².